The Morgan fingerprint density at radius 1 is 1.50 bits per heavy atom. The second-order valence-corrected chi connectivity index (χ2v) is 4.01. The van der Waals surface area contributed by atoms with Crippen molar-refractivity contribution in [2.75, 3.05) is 6.61 Å². The third-order valence-electron chi connectivity index (χ3n) is 2.40. The summed E-state index contributed by atoms with van der Waals surface area (Å²) >= 11 is 5.58. The Hall–Kier alpha value is -0.990. The lowest BCUT2D eigenvalue weighted by Gasteiger charge is -2.15. The Morgan fingerprint density at radius 2 is 2.19 bits per heavy atom. The van der Waals surface area contributed by atoms with Gasteiger partial charge in [-0.1, -0.05) is 36.7 Å². The van der Waals surface area contributed by atoms with Crippen LogP contribution in [0, 0.1) is 0 Å². The summed E-state index contributed by atoms with van der Waals surface area (Å²) in [6, 6.07) is 7.88. The molecular formula is C13H18ClNO. The minimum atomic E-state index is 0.0245. The zero-order valence-corrected chi connectivity index (χ0v) is 10.5. The van der Waals surface area contributed by atoms with Crippen LogP contribution in [0.5, 0.6) is 5.75 Å². The van der Waals surface area contributed by atoms with Crippen LogP contribution in [-0.4, -0.2) is 6.61 Å². The van der Waals surface area contributed by atoms with Crippen molar-refractivity contribution in [3.8, 4) is 5.75 Å². The highest BCUT2D eigenvalue weighted by Crippen LogP contribution is 2.25. The SMILES string of the molecule is CCC(N)c1ccccc1OC/C(C)=C/Cl. The summed E-state index contributed by atoms with van der Waals surface area (Å²) < 4.78 is 5.68. The number of hydrogen-bond donors (Lipinski definition) is 1. The molecule has 16 heavy (non-hydrogen) atoms. The van der Waals surface area contributed by atoms with Crippen LogP contribution in [0.2, 0.25) is 0 Å². The molecule has 1 atom stereocenters. The standard InChI is InChI=1S/C13H18ClNO/c1-3-12(15)11-6-4-5-7-13(11)16-9-10(2)8-14/h4-8,12H,3,9,15H2,1-2H3/b10-8+. The highest BCUT2D eigenvalue weighted by atomic mass is 35.5. The maximum absolute atomic E-state index is 6.01. The number of nitrogens with two attached hydrogens (primary N) is 1. The first-order valence-corrected chi connectivity index (χ1v) is 5.85. The zero-order valence-electron chi connectivity index (χ0n) is 9.74. The Kier molecular flexibility index (Phi) is 5.36. The molecule has 88 valence electrons. The summed E-state index contributed by atoms with van der Waals surface area (Å²) in [6.45, 7) is 4.48. The van der Waals surface area contributed by atoms with Crippen LogP contribution in [0.1, 0.15) is 31.9 Å². The molecule has 1 unspecified atom stereocenters. The molecule has 0 saturated heterocycles. The van der Waals surface area contributed by atoms with E-state index in [1.165, 1.54) is 5.54 Å². The van der Waals surface area contributed by atoms with E-state index < -0.39 is 0 Å². The largest absolute Gasteiger partial charge is 0.489 e. The lowest BCUT2D eigenvalue weighted by Crippen LogP contribution is -2.11. The van der Waals surface area contributed by atoms with Crippen molar-refractivity contribution in [1.29, 1.82) is 0 Å². The molecular weight excluding hydrogens is 222 g/mol. The minimum absolute atomic E-state index is 0.0245. The van der Waals surface area contributed by atoms with E-state index in [0.29, 0.717) is 6.61 Å². The molecule has 1 rings (SSSR count). The monoisotopic (exact) mass is 239 g/mol. The van der Waals surface area contributed by atoms with Gasteiger partial charge in [-0.3, -0.25) is 0 Å². The van der Waals surface area contributed by atoms with Gasteiger partial charge in [-0.25, -0.2) is 0 Å². The molecule has 3 heteroatoms. The number of benzene rings is 1. The molecule has 2 N–H and O–H groups in total. The molecule has 1 aromatic rings. The Morgan fingerprint density at radius 3 is 2.81 bits per heavy atom. The van der Waals surface area contributed by atoms with Gasteiger partial charge in [-0.2, -0.15) is 0 Å². The summed E-state index contributed by atoms with van der Waals surface area (Å²) in [5.74, 6) is 0.842. The van der Waals surface area contributed by atoms with E-state index in [1.54, 1.807) is 0 Å². The molecule has 1 aromatic carbocycles. The van der Waals surface area contributed by atoms with Crippen molar-refractivity contribution in [1.82, 2.24) is 0 Å². The summed E-state index contributed by atoms with van der Waals surface area (Å²) in [4.78, 5) is 0. The van der Waals surface area contributed by atoms with Crippen LogP contribution in [0.4, 0.5) is 0 Å². The van der Waals surface area contributed by atoms with E-state index in [2.05, 4.69) is 6.92 Å². The van der Waals surface area contributed by atoms with Gasteiger partial charge in [0, 0.05) is 17.1 Å². The van der Waals surface area contributed by atoms with E-state index >= 15 is 0 Å². The average molecular weight is 240 g/mol. The third kappa shape index (κ3) is 3.54. The first-order chi connectivity index (χ1) is 7.69. The average Bonchev–Trinajstić information content (AvgIpc) is 2.35. The third-order valence-corrected chi connectivity index (χ3v) is 2.77. The molecule has 0 radical (unpaired) electrons. The van der Waals surface area contributed by atoms with Gasteiger partial charge in [0.1, 0.15) is 12.4 Å². The fourth-order valence-corrected chi connectivity index (χ4v) is 1.42. The van der Waals surface area contributed by atoms with Crippen molar-refractivity contribution < 1.29 is 4.74 Å². The quantitative estimate of drug-likeness (QED) is 0.852. The first kappa shape index (κ1) is 13.1. The van der Waals surface area contributed by atoms with Gasteiger partial charge in [0.25, 0.3) is 0 Å². The fraction of sp³-hybridized carbons (Fsp3) is 0.385. The molecule has 0 spiro atoms. The summed E-state index contributed by atoms with van der Waals surface area (Å²) in [7, 11) is 0. The molecule has 0 aliphatic carbocycles. The van der Waals surface area contributed by atoms with E-state index in [1.807, 2.05) is 31.2 Å². The molecule has 0 aromatic heterocycles. The van der Waals surface area contributed by atoms with Gasteiger partial charge in [0.05, 0.1) is 0 Å². The number of hydrogen-bond acceptors (Lipinski definition) is 2. The van der Waals surface area contributed by atoms with Crippen LogP contribution < -0.4 is 10.5 Å². The molecule has 0 aliphatic heterocycles. The lowest BCUT2D eigenvalue weighted by molar-refractivity contribution is 0.345. The fourth-order valence-electron chi connectivity index (χ4n) is 1.36. The number of para-hydroxylation sites is 1. The van der Waals surface area contributed by atoms with E-state index in [0.717, 1.165) is 23.3 Å². The van der Waals surface area contributed by atoms with Crippen molar-refractivity contribution >= 4 is 11.6 Å². The van der Waals surface area contributed by atoms with Crippen molar-refractivity contribution in [2.24, 2.45) is 5.73 Å². The normalized spacial score (nSPS) is 13.6. The smallest absolute Gasteiger partial charge is 0.124 e. The molecule has 0 amide bonds. The maximum Gasteiger partial charge on any atom is 0.124 e. The molecule has 0 fully saturated rings. The Balaban J connectivity index is 2.79. The molecule has 0 saturated carbocycles. The molecule has 0 heterocycles. The van der Waals surface area contributed by atoms with Crippen LogP contribution in [-0.2, 0) is 0 Å². The predicted octanol–water partition coefficient (Wildman–Crippen LogP) is 3.62. The second-order valence-electron chi connectivity index (χ2n) is 3.80. The van der Waals surface area contributed by atoms with Crippen LogP contribution in [0.25, 0.3) is 0 Å². The Bertz CT molecular complexity index is 363. The molecule has 2 nitrogen and oxygen atoms in total. The van der Waals surface area contributed by atoms with Gasteiger partial charge in [-0.05, 0) is 25.0 Å². The Labute approximate surface area is 102 Å². The first-order valence-electron chi connectivity index (χ1n) is 5.42. The maximum atomic E-state index is 6.01. The predicted molar refractivity (Wildman–Crippen MR) is 68.8 cm³/mol. The minimum Gasteiger partial charge on any atom is -0.489 e. The summed E-state index contributed by atoms with van der Waals surface area (Å²) in [5, 5.41) is 0. The van der Waals surface area contributed by atoms with Crippen molar-refractivity contribution in [3.05, 3.63) is 40.9 Å². The molecule has 0 aliphatic rings. The van der Waals surface area contributed by atoms with Crippen LogP contribution in [0.15, 0.2) is 35.4 Å². The van der Waals surface area contributed by atoms with Crippen molar-refractivity contribution in [3.63, 3.8) is 0 Å². The van der Waals surface area contributed by atoms with Gasteiger partial charge in [0.15, 0.2) is 0 Å². The highest BCUT2D eigenvalue weighted by Gasteiger charge is 2.09. The van der Waals surface area contributed by atoms with E-state index in [4.69, 9.17) is 22.1 Å². The zero-order chi connectivity index (χ0) is 12.0. The van der Waals surface area contributed by atoms with Gasteiger partial charge >= 0.3 is 0 Å². The lowest BCUT2D eigenvalue weighted by atomic mass is 10.0. The van der Waals surface area contributed by atoms with Crippen LogP contribution >= 0.6 is 11.6 Å². The van der Waals surface area contributed by atoms with Gasteiger partial charge in [-0.15, -0.1) is 0 Å². The number of ether oxygens (including phenoxy) is 1. The highest BCUT2D eigenvalue weighted by molar-refractivity contribution is 6.25. The molecule has 0 bridgehead atoms. The van der Waals surface area contributed by atoms with E-state index in [9.17, 15) is 0 Å². The van der Waals surface area contributed by atoms with E-state index in [-0.39, 0.29) is 6.04 Å². The van der Waals surface area contributed by atoms with Crippen molar-refractivity contribution in [2.45, 2.75) is 26.3 Å². The van der Waals surface area contributed by atoms with Crippen LogP contribution in [0.3, 0.4) is 0 Å². The summed E-state index contributed by atoms with van der Waals surface area (Å²) in [6.07, 6.45) is 0.894. The second kappa shape index (κ2) is 6.56. The number of halogens is 1. The topological polar surface area (TPSA) is 35.2 Å². The number of rotatable bonds is 5. The van der Waals surface area contributed by atoms with Gasteiger partial charge in [0.2, 0.25) is 0 Å². The summed E-state index contributed by atoms with van der Waals surface area (Å²) in [5.41, 5.74) is 9.58. The van der Waals surface area contributed by atoms with Gasteiger partial charge < -0.3 is 10.5 Å².